The lowest BCUT2D eigenvalue weighted by molar-refractivity contribution is 0.0787. The summed E-state index contributed by atoms with van der Waals surface area (Å²) in [6.07, 6.45) is 2.16. The highest BCUT2D eigenvalue weighted by Crippen LogP contribution is 2.18. The fourth-order valence-electron chi connectivity index (χ4n) is 1.67. The summed E-state index contributed by atoms with van der Waals surface area (Å²) < 4.78 is 26.5. The van der Waals surface area contributed by atoms with Gasteiger partial charge in [0.25, 0.3) is 5.91 Å². The predicted molar refractivity (Wildman–Crippen MR) is 68.7 cm³/mol. The maximum Gasteiger partial charge on any atom is 0.256 e. The van der Waals surface area contributed by atoms with Gasteiger partial charge in [-0.15, -0.1) is 0 Å². The van der Waals surface area contributed by atoms with Gasteiger partial charge in [0, 0.05) is 26.3 Å². The summed E-state index contributed by atoms with van der Waals surface area (Å²) >= 11 is 0. The molecule has 1 aromatic carbocycles. The lowest BCUT2D eigenvalue weighted by Crippen LogP contribution is -2.28. The molecule has 0 aromatic heterocycles. The average molecular weight is 272 g/mol. The molecule has 1 rings (SSSR count). The van der Waals surface area contributed by atoms with E-state index in [0.717, 1.165) is 12.5 Å². The van der Waals surface area contributed by atoms with E-state index in [1.54, 1.807) is 7.05 Å². The van der Waals surface area contributed by atoms with E-state index in [1.807, 2.05) is 0 Å². The lowest BCUT2D eigenvalue weighted by atomic mass is 10.1. The van der Waals surface area contributed by atoms with E-state index >= 15 is 0 Å². The minimum atomic E-state index is -0.918. The Morgan fingerprint density at radius 2 is 1.95 bits per heavy atom. The van der Waals surface area contributed by atoms with Gasteiger partial charge in [0.1, 0.15) is 11.6 Å². The minimum absolute atomic E-state index is 0.112. The Labute approximate surface area is 110 Å². The Kier molecular flexibility index (Phi) is 5.69. The van der Waals surface area contributed by atoms with Crippen molar-refractivity contribution in [1.82, 2.24) is 4.90 Å². The van der Waals surface area contributed by atoms with Crippen LogP contribution in [0.1, 0.15) is 29.6 Å². The quantitative estimate of drug-likeness (QED) is 0.613. The predicted octanol–water partition coefficient (Wildman–Crippen LogP) is 1.78. The number of aliphatic hydroxyl groups is 1. The molecule has 0 radical (unpaired) electrons. The van der Waals surface area contributed by atoms with Crippen LogP contribution in [0.25, 0.3) is 0 Å². The molecular weight excluding hydrogens is 254 g/mol. The molecule has 6 heteroatoms. The van der Waals surface area contributed by atoms with Crippen LogP contribution in [-0.4, -0.2) is 36.1 Å². The van der Waals surface area contributed by atoms with Crippen LogP contribution < -0.4 is 5.73 Å². The number of rotatable bonds is 6. The number of carbonyl (C=O) groups is 1. The van der Waals surface area contributed by atoms with Crippen molar-refractivity contribution in [3.63, 3.8) is 0 Å². The summed E-state index contributed by atoms with van der Waals surface area (Å²) in [4.78, 5) is 13.3. The van der Waals surface area contributed by atoms with Crippen molar-refractivity contribution in [2.24, 2.45) is 0 Å². The number of amides is 1. The van der Waals surface area contributed by atoms with Gasteiger partial charge in [-0.2, -0.15) is 0 Å². The third-order valence-electron chi connectivity index (χ3n) is 2.82. The molecule has 0 bridgehead atoms. The number of nitrogens with two attached hydrogens (primary N) is 1. The molecular formula is C13H18F2N2O2. The van der Waals surface area contributed by atoms with Gasteiger partial charge in [0.2, 0.25) is 0 Å². The first-order valence-corrected chi connectivity index (χ1v) is 6.08. The summed E-state index contributed by atoms with van der Waals surface area (Å²) in [6.45, 7) is 0.552. The van der Waals surface area contributed by atoms with Gasteiger partial charge >= 0.3 is 0 Å². The normalized spacial score (nSPS) is 10.5. The van der Waals surface area contributed by atoms with Gasteiger partial charge in [-0.1, -0.05) is 0 Å². The Morgan fingerprint density at radius 1 is 1.26 bits per heavy atom. The maximum absolute atomic E-state index is 13.5. The van der Waals surface area contributed by atoms with Crippen LogP contribution in [0, 0.1) is 11.6 Å². The molecule has 1 amide bonds. The zero-order valence-electron chi connectivity index (χ0n) is 10.8. The van der Waals surface area contributed by atoms with Crippen LogP contribution in [0.15, 0.2) is 12.1 Å². The molecule has 3 N–H and O–H groups in total. The number of unbranched alkanes of at least 4 members (excludes halogenated alkanes) is 2. The number of aliphatic hydroxyl groups excluding tert-OH is 1. The summed E-state index contributed by atoms with van der Waals surface area (Å²) in [6, 6.07) is 1.62. The number of carbonyl (C=O) groups excluding carboxylic acids is 1. The van der Waals surface area contributed by atoms with Crippen molar-refractivity contribution in [3.8, 4) is 0 Å². The molecule has 0 saturated carbocycles. The van der Waals surface area contributed by atoms with E-state index in [9.17, 15) is 13.6 Å². The van der Waals surface area contributed by atoms with E-state index in [1.165, 1.54) is 4.90 Å². The van der Waals surface area contributed by atoms with Gasteiger partial charge in [0.05, 0.1) is 11.3 Å². The van der Waals surface area contributed by atoms with Crippen LogP contribution in [-0.2, 0) is 0 Å². The Balaban J connectivity index is 2.69. The van der Waals surface area contributed by atoms with E-state index in [4.69, 9.17) is 10.8 Å². The van der Waals surface area contributed by atoms with E-state index in [0.29, 0.717) is 25.5 Å². The van der Waals surface area contributed by atoms with Gasteiger partial charge in [0.15, 0.2) is 0 Å². The van der Waals surface area contributed by atoms with E-state index in [-0.39, 0.29) is 17.9 Å². The minimum Gasteiger partial charge on any atom is -0.396 e. The molecule has 0 heterocycles. The second kappa shape index (κ2) is 7.04. The first kappa shape index (κ1) is 15.4. The SMILES string of the molecule is CN(CCCCCO)C(=O)c1cc(N)c(F)cc1F. The van der Waals surface area contributed by atoms with Crippen molar-refractivity contribution in [3.05, 3.63) is 29.3 Å². The zero-order valence-corrected chi connectivity index (χ0v) is 10.8. The summed E-state index contributed by atoms with van der Waals surface area (Å²) in [5.41, 5.74) is 4.84. The molecule has 19 heavy (non-hydrogen) atoms. The molecule has 106 valence electrons. The molecule has 0 atom stereocenters. The number of hydrogen-bond donors (Lipinski definition) is 2. The third kappa shape index (κ3) is 4.17. The van der Waals surface area contributed by atoms with Crippen molar-refractivity contribution in [2.45, 2.75) is 19.3 Å². The third-order valence-corrected chi connectivity index (χ3v) is 2.82. The highest BCUT2D eigenvalue weighted by molar-refractivity contribution is 5.95. The molecule has 0 unspecified atom stereocenters. The van der Waals surface area contributed by atoms with Crippen molar-refractivity contribution in [1.29, 1.82) is 0 Å². The fourth-order valence-corrected chi connectivity index (χ4v) is 1.67. The highest BCUT2D eigenvalue weighted by Gasteiger charge is 2.18. The van der Waals surface area contributed by atoms with Crippen molar-refractivity contribution in [2.75, 3.05) is 25.9 Å². The second-order valence-corrected chi connectivity index (χ2v) is 4.36. The molecule has 0 spiro atoms. The number of anilines is 1. The van der Waals surface area contributed by atoms with Gasteiger partial charge in [-0.05, 0) is 25.3 Å². The first-order chi connectivity index (χ1) is 8.97. The largest absolute Gasteiger partial charge is 0.396 e. The molecule has 4 nitrogen and oxygen atoms in total. The second-order valence-electron chi connectivity index (χ2n) is 4.36. The van der Waals surface area contributed by atoms with Crippen LogP contribution in [0.3, 0.4) is 0 Å². The summed E-state index contributed by atoms with van der Waals surface area (Å²) in [5, 5.41) is 8.63. The molecule has 0 aliphatic carbocycles. The van der Waals surface area contributed by atoms with Crippen LogP contribution in [0.5, 0.6) is 0 Å². The summed E-state index contributed by atoms with van der Waals surface area (Å²) in [5.74, 6) is -2.33. The molecule has 0 aliphatic heterocycles. The van der Waals surface area contributed by atoms with Gasteiger partial charge < -0.3 is 15.7 Å². The van der Waals surface area contributed by atoms with Crippen LogP contribution in [0.4, 0.5) is 14.5 Å². The lowest BCUT2D eigenvalue weighted by Gasteiger charge is -2.17. The Morgan fingerprint density at radius 3 is 2.58 bits per heavy atom. The van der Waals surface area contributed by atoms with Gasteiger partial charge in [-0.3, -0.25) is 4.79 Å². The topological polar surface area (TPSA) is 66.6 Å². The fraction of sp³-hybridized carbons (Fsp3) is 0.462. The Bertz CT molecular complexity index is 453. The summed E-state index contributed by atoms with van der Waals surface area (Å²) in [7, 11) is 1.54. The smallest absolute Gasteiger partial charge is 0.256 e. The average Bonchev–Trinajstić information content (AvgIpc) is 2.38. The number of nitrogens with zero attached hydrogens (tertiary/aromatic N) is 1. The van der Waals surface area contributed by atoms with Crippen LogP contribution >= 0.6 is 0 Å². The number of hydrogen-bond acceptors (Lipinski definition) is 3. The maximum atomic E-state index is 13.5. The first-order valence-electron chi connectivity index (χ1n) is 6.08. The van der Waals surface area contributed by atoms with Crippen LogP contribution in [0.2, 0.25) is 0 Å². The number of halogens is 2. The molecule has 1 aromatic rings. The Hall–Kier alpha value is -1.69. The number of nitrogen functional groups attached to an aromatic ring is 1. The van der Waals surface area contributed by atoms with E-state index in [2.05, 4.69) is 0 Å². The molecule has 0 saturated heterocycles. The zero-order chi connectivity index (χ0) is 14.4. The van der Waals surface area contributed by atoms with Crippen molar-refractivity contribution < 1.29 is 18.7 Å². The molecule has 0 fully saturated rings. The highest BCUT2D eigenvalue weighted by atomic mass is 19.1. The van der Waals surface area contributed by atoms with Crippen molar-refractivity contribution >= 4 is 11.6 Å². The van der Waals surface area contributed by atoms with E-state index < -0.39 is 17.5 Å². The number of benzene rings is 1. The standard InChI is InChI=1S/C13H18F2N2O2/c1-17(5-3-2-4-6-18)13(19)9-7-12(16)11(15)8-10(9)14/h7-8,18H,2-6,16H2,1H3. The van der Waals surface area contributed by atoms with Gasteiger partial charge in [-0.25, -0.2) is 8.78 Å². The monoisotopic (exact) mass is 272 g/mol. The molecule has 0 aliphatic rings.